The molecule has 0 aliphatic rings. The lowest BCUT2D eigenvalue weighted by atomic mass is 10.1. The van der Waals surface area contributed by atoms with E-state index in [-0.39, 0.29) is 0 Å². The molecule has 4 nitrogen and oxygen atoms in total. The van der Waals surface area contributed by atoms with Gasteiger partial charge in [0.2, 0.25) is 0 Å². The molecule has 26 heavy (non-hydrogen) atoms. The zero-order chi connectivity index (χ0) is 19.9. The third-order valence-corrected chi connectivity index (χ3v) is 4.23. The summed E-state index contributed by atoms with van der Waals surface area (Å²) >= 11 is 0. The fourth-order valence-corrected chi connectivity index (χ4v) is 2.64. The van der Waals surface area contributed by atoms with Crippen molar-refractivity contribution in [2.45, 2.75) is 117 Å². The van der Waals surface area contributed by atoms with Crippen LogP contribution >= 0.6 is 0 Å². The van der Waals surface area contributed by atoms with Crippen LogP contribution in [0, 0.1) is 0 Å². The minimum absolute atomic E-state index is 0.327. The predicted molar refractivity (Wildman–Crippen MR) is 110 cm³/mol. The lowest BCUT2D eigenvalue weighted by Gasteiger charge is -2.01. The fraction of sp³-hybridized carbons (Fsp3) is 0.818. The van der Waals surface area contributed by atoms with Crippen LogP contribution in [0.5, 0.6) is 0 Å². The average molecular weight is 371 g/mol. The van der Waals surface area contributed by atoms with Crippen molar-refractivity contribution in [2.75, 3.05) is 0 Å². The largest absolute Gasteiger partial charge is 0.481 e. The first-order valence-corrected chi connectivity index (χ1v) is 10.7. The summed E-state index contributed by atoms with van der Waals surface area (Å²) in [7, 11) is 0. The van der Waals surface area contributed by atoms with Crippen LogP contribution < -0.4 is 0 Å². The minimum Gasteiger partial charge on any atom is -0.481 e. The fourth-order valence-electron chi connectivity index (χ4n) is 2.64. The van der Waals surface area contributed by atoms with Crippen molar-refractivity contribution in [2.24, 2.45) is 0 Å². The van der Waals surface area contributed by atoms with Crippen LogP contribution in [0.3, 0.4) is 0 Å². The molecule has 154 valence electrons. The first-order valence-electron chi connectivity index (χ1n) is 10.7. The molecular weight excluding hydrogens is 328 g/mol. The standard InChI is InChI=1S/C16H30O2.C6H12O2/c1-2-3-4-5-6-7-8-9-10-11-12-13-14-15-16(17)18;1-2-3-4-5-6(7)8/h14-15H,2-13H2,1H3,(H,17,18);2-5H2,1H3,(H,7,8). The van der Waals surface area contributed by atoms with Gasteiger partial charge in [0.25, 0.3) is 0 Å². The Morgan fingerprint density at radius 1 is 0.654 bits per heavy atom. The second kappa shape index (κ2) is 23.7. The molecule has 4 heteroatoms. The molecule has 0 aliphatic carbocycles. The van der Waals surface area contributed by atoms with E-state index in [4.69, 9.17) is 10.2 Å². The summed E-state index contributed by atoms with van der Waals surface area (Å²) in [4.78, 5) is 20.1. The van der Waals surface area contributed by atoms with Gasteiger partial charge >= 0.3 is 11.9 Å². The van der Waals surface area contributed by atoms with E-state index in [0.29, 0.717) is 6.42 Å². The van der Waals surface area contributed by atoms with Crippen molar-refractivity contribution in [1.82, 2.24) is 0 Å². The Bertz CT molecular complexity index is 337. The van der Waals surface area contributed by atoms with Gasteiger partial charge in [-0.15, -0.1) is 0 Å². The topological polar surface area (TPSA) is 74.6 Å². The number of carboxylic acid groups (broad SMARTS) is 2. The van der Waals surface area contributed by atoms with Crippen LogP contribution in [-0.2, 0) is 9.59 Å². The van der Waals surface area contributed by atoms with Crippen molar-refractivity contribution in [3.8, 4) is 0 Å². The van der Waals surface area contributed by atoms with Crippen molar-refractivity contribution >= 4 is 11.9 Å². The lowest BCUT2D eigenvalue weighted by Crippen LogP contribution is -1.92. The average Bonchev–Trinajstić information content (AvgIpc) is 2.59. The van der Waals surface area contributed by atoms with Crippen molar-refractivity contribution in [1.29, 1.82) is 0 Å². The molecule has 0 radical (unpaired) electrons. The summed E-state index contributed by atoms with van der Waals surface area (Å²) < 4.78 is 0. The van der Waals surface area contributed by atoms with E-state index < -0.39 is 11.9 Å². The highest BCUT2D eigenvalue weighted by atomic mass is 16.4. The van der Waals surface area contributed by atoms with Crippen LogP contribution in [0.4, 0.5) is 0 Å². The molecule has 0 amide bonds. The molecule has 0 aromatic rings. The summed E-state index contributed by atoms with van der Waals surface area (Å²) in [5.41, 5.74) is 0. The van der Waals surface area contributed by atoms with Crippen LogP contribution in [-0.4, -0.2) is 22.2 Å². The number of rotatable bonds is 17. The third-order valence-electron chi connectivity index (χ3n) is 4.23. The highest BCUT2D eigenvalue weighted by Gasteiger charge is 1.93. The molecule has 0 aliphatic heterocycles. The monoisotopic (exact) mass is 370 g/mol. The number of allylic oxidation sites excluding steroid dienone is 1. The second-order valence-corrected chi connectivity index (χ2v) is 6.92. The number of carbonyl (C=O) groups is 2. The zero-order valence-corrected chi connectivity index (χ0v) is 17.2. The van der Waals surface area contributed by atoms with Gasteiger partial charge in [-0.05, 0) is 19.3 Å². The molecule has 0 fully saturated rings. The van der Waals surface area contributed by atoms with Gasteiger partial charge in [-0.3, -0.25) is 4.79 Å². The summed E-state index contributed by atoms with van der Waals surface area (Å²) in [6.07, 6.45) is 21.9. The van der Waals surface area contributed by atoms with Crippen molar-refractivity contribution in [3.63, 3.8) is 0 Å². The molecule has 0 unspecified atom stereocenters. The Morgan fingerprint density at radius 2 is 1.08 bits per heavy atom. The Hall–Kier alpha value is -1.32. The van der Waals surface area contributed by atoms with Gasteiger partial charge in [-0.25, -0.2) is 4.79 Å². The van der Waals surface area contributed by atoms with E-state index in [9.17, 15) is 9.59 Å². The lowest BCUT2D eigenvalue weighted by molar-refractivity contribution is -0.137. The van der Waals surface area contributed by atoms with Crippen LogP contribution in [0.2, 0.25) is 0 Å². The molecular formula is C22H42O4. The summed E-state index contributed by atoms with van der Waals surface area (Å²) in [6, 6.07) is 0. The van der Waals surface area contributed by atoms with E-state index in [1.807, 2.05) is 0 Å². The maximum absolute atomic E-state index is 10.2. The highest BCUT2D eigenvalue weighted by molar-refractivity contribution is 5.79. The van der Waals surface area contributed by atoms with Crippen molar-refractivity contribution in [3.05, 3.63) is 12.2 Å². The van der Waals surface area contributed by atoms with E-state index in [2.05, 4.69) is 13.8 Å². The maximum atomic E-state index is 10.2. The van der Waals surface area contributed by atoms with Gasteiger partial charge in [-0.2, -0.15) is 0 Å². The SMILES string of the molecule is CCCCCC(=O)O.CCCCCCCCCCCCCC=CC(=O)O. The molecule has 0 atom stereocenters. The van der Waals surface area contributed by atoms with Gasteiger partial charge in [0, 0.05) is 12.5 Å². The van der Waals surface area contributed by atoms with Crippen molar-refractivity contribution < 1.29 is 19.8 Å². The number of hydrogen-bond donors (Lipinski definition) is 2. The summed E-state index contributed by atoms with van der Waals surface area (Å²) in [5.74, 6) is -1.52. The Kier molecular flexibility index (Phi) is 24.5. The van der Waals surface area contributed by atoms with Gasteiger partial charge in [0.05, 0.1) is 0 Å². The van der Waals surface area contributed by atoms with E-state index in [0.717, 1.165) is 32.1 Å². The third kappa shape index (κ3) is 30.5. The normalized spacial score (nSPS) is 10.5. The molecule has 0 saturated carbocycles. The smallest absolute Gasteiger partial charge is 0.327 e. The molecule has 0 aromatic heterocycles. The number of unbranched alkanes of at least 4 members (excludes halogenated alkanes) is 13. The van der Waals surface area contributed by atoms with Crippen LogP contribution in [0.15, 0.2) is 12.2 Å². The summed E-state index contributed by atoms with van der Waals surface area (Å²) in [5, 5.41) is 16.5. The Labute approximate surface area is 161 Å². The molecule has 0 heterocycles. The second-order valence-electron chi connectivity index (χ2n) is 6.92. The van der Waals surface area contributed by atoms with E-state index >= 15 is 0 Å². The quantitative estimate of drug-likeness (QED) is 0.214. The Morgan fingerprint density at radius 3 is 1.50 bits per heavy atom. The summed E-state index contributed by atoms with van der Waals surface area (Å²) in [6.45, 7) is 4.31. The molecule has 0 spiro atoms. The molecule has 0 bridgehead atoms. The number of aliphatic carboxylic acids is 2. The molecule has 0 rings (SSSR count). The predicted octanol–water partition coefficient (Wildman–Crippen LogP) is 6.98. The van der Waals surface area contributed by atoms with E-state index in [1.165, 1.54) is 70.3 Å². The highest BCUT2D eigenvalue weighted by Crippen LogP contribution is 2.11. The zero-order valence-electron chi connectivity index (χ0n) is 17.2. The van der Waals surface area contributed by atoms with Gasteiger partial charge < -0.3 is 10.2 Å². The van der Waals surface area contributed by atoms with Gasteiger partial charge in [-0.1, -0.05) is 97.0 Å². The molecule has 0 aromatic carbocycles. The number of hydrogen-bond acceptors (Lipinski definition) is 2. The van der Waals surface area contributed by atoms with Crippen LogP contribution in [0.25, 0.3) is 0 Å². The first kappa shape index (κ1) is 26.9. The van der Waals surface area contributed by atoms with Gasteiger partial charge in [0.1, 0.15) is 0 Å². The van der Waals surface area contributed by atoms with E-state index in [1.54, 1.807) is 6.08 Å². The minimum atomic E-state index is -0.835. The first-order chi connectivity index (χ1) is 12.5. The van der Waals surface area contributed by atoms with Crippen LogP contribution in [0.1, 0.15) is 117 Å². The molecule has 2 N–H and O–H groups in total. The maximum Gasteiger partial charge on any atom is 0.327 e. The Balaban J connectivity index is 0. The number of carboxylic acids is 2. The molecule has 0 saturated heterocycles. The van der Waals surface area contributed by atoms with Gasteiger partial charge in [0.15, 0.2) is 0 Å².